The van der Waals surface area contributed by atoms with E-state index >= 15 is 0 Å². The number of ether oxygens (including phenoxy) is 3. The monoisotopic (exact) mass is 421 g/mol. The summed E-state index contributed by atoms with van der Waals surface area (Å²) in [6, 6.07) is 23.9. The Kier molecular flexibility index (Phi) is 8.33. The van der Waals surface area contributed by atoms with E-state index in [9.17, 15) is 5.11 Å². The van der Waals surface area contributed by atoms with Crippen LogP contribution in [0.1, 0.15) is 16.7 Å². The van der Waals surface area contributed by atoms with Crippen LogP contribution in [0.2, 0.25) is 0 Å². The highest BCUT2D eigenvalue weighted by molar-refractivity contribution is 5.46. The third-order valence-electron chi connectivity index (χ3n) is 5.12. The van der Waals surface area contributed by atoms with Gasteiger partial charge in [-0.3, -0.25) is 4.90 Å². The lowest BCUT2D eigenvalue weighted by Gasteiger charge is -2.26. The van der Waals surface area contributed by atoms with Gasteiger partial charge in [-0.1, -0.05) is 60.7 Å². The lowest BCUT2D eigenvalue weighted by Crippen LogP contribution is -2.35. The summed E-state index contributed by atoms with van der Waals surface area (Å²) in [6.45, 7) is 3.99. The molecule has 164 valence electrons. The van der Waals surface area contributed by atoms with Gasteiger partial charge in [0, 0.05) is 25.2 Å². The average molecular weight is 422 g/mol. The number of rotatable bonds is 11. The van der Waals surface area contributed by atoms with Gasteiger partial charge in [-0.05, 0) is 30.2 Å². The molecule has 0 aliphatic heterocycles. The molecule has 5 heteroatoms. The highest BCUT2D eigenvalue weighted by Gasteiger charge is 2.18. The normalized spacial score (nSPS) is 11.9. The first kappa shape index (κ1) is 22.7. The zero-order valence-electron chi connectivity index (χ0n) is 18.5. The summed E-state index contributed by atoms with van der Waals surface area (Å²) >= 11 is 0. The van der Waals surface area contributed by atoms with Crippen LogP contribution >= 0.6 is 0 Å². The summed E-state index contributed by atoms with van der Waals surface area (Å²) in [4.78, 5) is 2.19. The number of nitrogens with zero attached hydrogens (tertiary/aromatic N) is 1. The van der Waals surface area contributed by atoms with Crippen molar-refractivity contribution >= 4 is 0 Å². The van der Waals surface area contributed by atoms with E-state index in [1.807, 2.05) is 67.6 Å². The number of aliphatic hydroxyl groups excluding tert-OH is 1. The predicted molar refractivity (Wildman–Crippen MR) is 123 cm³/mol. The second-order valence-electron chi connectivity index (χ2n) is 7.54. The van der Waals surface area contributed by atoms with Gasteiger partial charge in [0.2, 0.25) is 0 Å². The highest BCUT2D eigenvalue weighted by Crippen LogP contribution is 2.31. The second kappa shape index (κ2) is 11.4. The van der Waals surface area contributed by atoms with Crippen LogP contribution in [-0.2, 0) is 13.1 Å². The number of para-hydroxylation sites is 2. The number of benzene rings is 3. The maximum atomic E-state index is 10.7. The minimum absolute atomic E-state index is 0.228. The average Bonchev–Trinajstić information content (AvgIpc) is 2.79. The van der Waals surface area contributed by atoms with Gasteiger partial charge in [0.1, 0.15) is 18.5 Å². The van der Waals surface area contributed by atoms with Crippen LogP contribution in [0.4, 0.5) is 0 Å². The maximum absolute atomic E-state index is 10.7. The molecule has 0 heterocycles. The third kappa shape index (κ3) is 6.48. The molecule has 0 bridgehead atoms. The zero-order valence-corrected chi connectivity index (χ0v) is 18.5. The Morgan fingerprint density at radius 2 is 1.52 bits per heavy atom. The van der Waals surface area contributed by atoms with Gasteiger partial charge in [0.25, 0.3) is 0 Å². The molecule has 0 spiro atoms. The molecule has 31 heavy (non-hydrogen) atoms. The van der Waals surface area contributed by atoms with Gasteiger partial charge in [-0.2, -0.15) is 0 Å². The van der Waals surface area contributed by atoms with E-state index in [1.165, 1.54) is 5.56 Å². The molecule has 0 saturated carbocycles. The molecule has 1 N–H and O–H groups in total. The predicted octanol–water partition coefficient (Wildman–Crippen LogP) is 4.45. The third-order valence-corrected chi connectivity index (χ3v) is 5.12. The first-order valence-corrected chi connectivity index (χ1v) is 10.4. The van der Waals surface area contributed by atoms with Crippen molar-refractivity contribution in [2.45, 2.75) is 26.1 Å². The van der Waals surface area contributed by atoms with E-state index in [1.54, 1.807) is 14.2 Å². The van der Waals surface area contributed by atoms with Crippen molar-refractivity contribution in [2.75, 3.05) is 27.4 Å². The van der Waals surface area contributed by atoms with Crippen molar-refractivity contribution in [3.63, 3.8) is 0 Å². The van der Waals surface area contributed by atoms with Gasteiger partial charge >= 0.3 is 0 Å². The van der Waals surface area contributed by atoms with Crippen molar-refractivity contribution in [1.82, 2.24) is 4.90 Å². The fourth-order valence-corrected chi connectivity index (χ4v) is 3.60. The molecule has 1 atom stereocenters. The van der Waals surface area contributed by atoms with Crippen LogP contribution < -0.4 is 14.2 Å². The van der Waals surface area contributed by atoms with Crippen LogP contribution in [0.3, 0.4) is 0 Å². The first-order chi connectivity index (χ1) is 15.1. The molecule has 0 radical (unpaired) electrons. The topological polar surface area (TPSA) is 51.2 Å². The molecule has 5 nitrogen and oxygen atoms in total. The Balaban J connectivity index is 1.73. The van der Waals surface area contributed by atoms with E-state index in [4.69, 9.17) is 14.2 Å². The van der Waals surface area contributed by atoms with Gasteiger partial charge in [-0.15, -0.1) is 0 Å². The number of aliphatic hydroxyl groups is 1. The SMILES string of the molecule is COc1cccc(CN(Cc2ccccc2)C[C@@H](O)COc2ccccc2C)c1OC. The summed E-state index contributed by atoms with van der Waals surface area (Å²) in [5.74, 6) is 2.21. The summed E-state index contributed by atoms with van der Waals surface area (Å²) in [5, 5.41) is 10.7. The van der Waals surface area contributed by atoms with Crippen molar-refractivity contribution < 1.29 is 19.3 Å². The lowest BCUT2D eigenvalue weighted by molar-refractivity contribution is 0.0623. The molecular weight excluding hydrogens is 390 g/mol. The van der Waals surface area contributed by atoms with Crippen LogP contribution in [0.5, 0.6) is 17.2 Å². The molecule has 0 aromatic heterocycles. The molecule has 3 aromatic rings. The first-order valence-electron chi connectivity index (χ1n) is 10.4. The summed E-state index contributed by atoms with van der Waals surface area (Å²) < 4.78 is 16.9. The standard InChI is InChI=1S/C26H31NO4/c1-20-10-7-8-14-24(20)31-19-23(28)18-27(16-21-11-5-4-6-12-21)17-22-13-9-15-25(29-2)26(22)30-3/h4-15,23,28H,16-19H2,1-3H3/t23-/m1/s1. The minimum Gasteiger partial charge on any atom is -0.493 e. The fourth-order valence-electron chi connectivity index (χ4n) is 3.60. The fraction of sp³-hybridized carbons (Fsp3) is 0.308. The largest absolute Gasteiger partial charge is 0.493 e. The zero-order chi connectivity index (χ0) is 22.1. The number of hydrogen-bond acceptors (Lipinski definition) is 5. The number of aryl methyl sites for hydroxylation is 1. The van der Waals surface area contributed by atoms with Crippen LogP contribution in [-0.4, -0.2) is 43.5 Å². The number of hydrogen-bond donors (Lipinski definition) is 1. The Bertz CT molecular complexity index is 945. The van der Waals surface area contributed by atoms with Crippen LogP contribution in [0, 0.1) is 6.92 Å². The quantitative estimate of drug-likeness (QED) is 0.496. The van der Waals surface area contributed by atoms with Crippen molar-refractivity contribution in [1.29, 1.82) is 0 Å². The molecule has 3 rings (SSSR count). The van der Waals surface area contributed by atoms with E-state index < -0.39 is 6.10 Å². The molecule has 3 aromatic carbocycles. The second-order valence-corrected chi connectivity index (χ2v) is 7.54. The van der Waals surface area contributed by atoms with Crippen molar-refractivity contribution in [3.8, 4) is 17.2 Å². The van der Waals surface area contributed by atoms with E-state index in [-0.39, 0.29) is 6.61 Å². The smallest absolute Gasteiger partial charge is 0.165 e. The molecule has 0 aliphatic carbocycles. The molecule has 0 amide bonds. The van der Waals surface area contributed by atoms with Crippen LogP contribution in [0.25, 0.3) is 0 Å². The lowest BCUT2D eigenvalue weighted by atomic mass is 10.1. The van der Waals surface area contributed by atoms with E-state index in [2.05, 4.69) is 17.0 Å². The van der Waals surface area contributed by atoms with Crippen molar-refractivity contribution in [3.05, 3.63) is 89.5 Å². The van der Waals surface area contributed by atoms with E-state index in [0.717, 1.165) is 16.9 Å². The van der Waals surface area contributed by atoms with Gasteiger partial charge < -0.3 is 19.3 Å². The number of methoxy groups -OCH3 is 2. The van der Waals surface area contributed by atoms with Crippen molar-refractivity contribution in [2.24, 2.45) is 0 Å². The Hall–Kier alpha value is -3.02. The maximum Gasteiger partial charge on any atom is 0.165 e. The summed E-state index contributed by atoms with van der Waals surface area (Å²) in [7, 11) is 3.28. The van der Waals surface area contributed by atoms with Crippen LogP contribution in [0.15, 0.2) is 72.8 Å². The highest BCUT2D eigenvalue weighted by atomic mass is 16.5. The van der Waals surface area contributed by atoms with E-state index in [0.29, 0.717) is 31.1 Å². The molecule has 0 unspecified atom stereocenters. The molecular formula is C26H31NO4. The van der Waals surface area contributed by atoms with Gasteiger partial charge in [0.05, 0.1) is 14.2 Å². The van der Waals surface area contributed by atoms with Gasteiger partial charge in [-0.25, -0.2) is 0 Å². The Morgan fingerprint density at radius 3 is 2.23 bits per heavy atom. The molecule has 0 saturated heterocycles. The Morgan fingerprint density at radius 1 is 0.806 bits per heavy atom. The minimum atomic E-state index is -0.639. The summed E-state index contributed by atoms with van der Waals surface area (Å²) in [6.07, 6.45) is -0.639. The molecule has 0 fully saturated rings. The summed E-state index contributed by atoms with van der Waals surface area (Å²) in [5.41, 5.74) is 3.23. The molecule has 0 aliphatic rings. The van der Waals surface area contributed by atoms with Gasteiger partial charge in [0.15, 0.2) is 11.5 Å². The Labute approximate surface area is 184 Å².